The van der Waals surface area contributed by atoms with Crippen LogP contribution in [0.25, 0.3) is 11.3 Å². The van der Waals surface area contributed by atoms with E-state index in [4.69, 9.17) is 9.26 Å². The molecule has 0 saturated heterocycles. The quantitative estimate of drug-likeness (QED) is 0.768. The number of nitrogens with zero attached hydrogens (tertiary/aromatic N) is 3. The summed E-state index contributed by atoms with van der Waals surface area (Å²) in [4.78, 5) is 12.9. The third-order valence-electron chi connectivity index (χ3n) is 4.99. The summed E-state index contributed by atoms with van der Waals surface area (Å²) in [7, 11) is 1.93. The van der Waals surface area contributed by atoms with Crippen LogP contribution in [0.1, 0.15) is 38.6 Å². The SMILES string of the molecule is Cc1ccccc1-c1noc(C)c1C(=O)NCc1nn(C)c2c1COCC2. The Balaban J connectivity index is 1.58. The van der Waals surface area contributed by atoms with Crippen LogP contribution in [0.15, 0.2) is 28.8 Å². The minimum absolute atomic E-state index is 0.219. The minimum Gasteiger partial charge on any atom is -0.376 e. The van der Waals surface area contributed by atoms with Crippen molar-refractivity contribution in [3.8, 4) is 11.3 Å². The van der Waals surface area contributed by atoms with E-state index in [9.17, 15) is 4.79 Å². The van der Waals surface area contributed by atoms with Gasteiger partial charge in [0.15, 0.2) is 0 Å². The molecule has 1 aliphatic rings. The Morgan fingerprint density at radius 2 is 2.11 bits per heavy atom. The van der Waals surface area contributed by atoms with Crippen LogP contribution in [0.3, 0.4) is 0 Å². The molecule has 0 unspecified atom stereocenters. The molecule has 7 nitrogen and oxygen atoms in total. The highest BCUT2D eigenvalue weighted by Crippen LogP contribution is 2.28. The zero-order chi connectivity index (χ0) is 19.0. The van der Waals surface area contributed by atoms with Crippen LogP contribution in [-0.2, 0) is 31.4 Å². The molecule has 0 spiro atoms. The van der Waals surface area contributed by atoms with Crippen LogP contribution in [-0.4, -0.2) is 27.5 Å². The number of aromatic nitrogens is 3. The highest BCUT2D eigenvalue weighted by Gasteiger charge is 2.24. The molecular weight excluding hydrogens is 344 g/mol. The number of ether oxygens (including phenoxy) is 1. The van der Waals surface area contributed by atoms with Gasteiger partial charge in [0.25, 0.3) is 5.91 Å². The van der Waals surface area contributed by atoms with Gasteiger partial charge in [-0.05, 0) is 19.4 Å². The fourth-order valence-corrected chi connectivity index (χ4v) is 3.54. The average molecular weight is 366 g/mol. The van der Waals surface area contributed by atoms with Crippen molar-refractivity contribution in [1.82, 2.24) is 20.3 Å². The third-order valence-corrected chi connectivity index (χ3v) is 4.99. The number of carbonyl (C=O) groups excluding carboxylic acids is 1. The molecule has 0 bridgehead atoms. The lowest BCUT2D eigenvalue weighted by Gasteiger charge is -2.13. The Hall–Kier alpha value is -2.93. The van der Waals surface area contributed by atoms with Gasteiger partial charge in [0.1, 0.15) is 17.0 Å². The third kappa shape index (κ3) is 3.14. The van der Waals surface area contributed by atoms with Crippen LogP contribution in [0.5, 0.6) is 0 Å². The van der Waals surface area contributed by atoms with Gasteiger partial charge in [-0.1, -0.05) is 29.4 Å². The van der Waals surface area contributed by atoms with Gasteiger partial charge in [-0.25, -0.2) is 0 Å². The number of hydrogen-bond acceptors (Lipinski definition) is 5. The maximum Gasteiger partial charge on any atom is 0.257 e. The fraction of sp³-hybridized carbons (Fsp3) is 0.350. The van der Waals surface area contributed by atoms with Crippen molar-refractivity contribution < 1.29 is 14.1 Å². The molecule has 2 aromatic heterocycles. The highest BCUT2D eigenvalue weighted by molar-refractivity contribution is 6.01. The summed E-state index contributed by atoms with van der Waals surface area (Å²) in [6.45, 7) is 5.32. The van der Waals surface area contributed by atoms with Crippen molar-refractivity contribution in [3.05, 3.63) is 58.1 Å². The summed E-state index contributed by atoms with van der Waals surface area (Å²) in [6, 6.07) is 7.81. The first-order chi connectivity index (χ1) is 13.1. The van der Waals surface area contributed by atoms with Gasteiger partial charge in [0, 0.05) is 30.3 Å². The van der Waals surface area contributed by atoms with Crippen LogP contribution in [0, 0.1) is 13.8 Å². The van der Waals surface area contributed by atoms with E-state index < -0.39 is 0 Å². The fourth-order valence-electron chi connectivity index (χ4n) is 3.54. The number of rotatable bonds is 4. The molecule has 7 heteroatoms. The molecule has 1 N–H and O–H groups in total. The van der Waals surface area contributed by atoms with Crippen LogP contribution in [0.4, 0.5) is 0 Å². The summed E-state index contributed by atoms with van der Waals surface area (Å²) in [5.74, 6) is 0.278. The topological polar surface area (TPSA) is 82.2 Å². The highest BCUT2D eigenvalue weighted by atomic mass is 16.5. The summed E-state index contributed by atoms with van der Waals surface area (Å²) in [6.07, 6.45) is 0.842. The molecule has 0 saturated carbocycles. The molecule has 0 radical (unpaired) electrons. The van der Waals surface area contributed by atoms with E-state index >= 15 is 0 Å². The number of hydrogen-bond donors (Lipinski definition) is 1. The Kier molecular flexibility index (Phi) is 4.53. The number of fused-ring (bicyclic) bond motifs is 1. The Morgan fingerprint density at radius 1 is 1.30 bits per heavy atom. The standard InChI is InChI=1S/C20H22N4O3/c1-12-6-4-5-7-14(12)19-18(13(2)27-23-19)20(25)21-10-16-15-11-26-9-8-17(15)24(3)22-16/h4-7H,8-11H2,1-3H3,(H,21,25). The molecule has 3 heterocycles. The molecule has 1 aliphatic heterocycles. The first kappa shape index (κ1) is 17.5. The summed E-state index contributed by atoms with van der Waals surface area (Å²) < 4.78 is 12.7. The van der Waals surface area contributed by atoms with Crippen molar-refractivity contribution >= 4 is 5.91 Å². The Bertz CT molecular complexity index is 1000. The van der Waals surface area contributed by atoms with Gasteiger partial charge in [0.2, 0.25) is 0 Å². The zero-order valence-electron chi connectivity index (χ0n) is 15.7. The van der Waals surface area contributed by atoms with E-state index in [2.05, 4.69) is 15.6 Å². The second kappa shape index (κ2) is 7.00. The van der Waals surface area contributed by atoms with Crippen molar-refractivity contribution in [3.63, 3.8) is 0 Å². The predicted molar refractivity (Wildman–Crippen MR) is 99.2 cm³/mol. The van der Waals surface area contributed by atoms with Crippen molar-refractivity contribution in [2.75, 3.05) is 6.61 Å². The van der Waals surface area contributed by atoms with E-state index in [1.54, 1.807) is 6.92 Å². The largest absolute Gasteiger partial charge is 0.376 e. The first-order valence-electron chi connectivity index (χ1n) is 8.98. The summed E-state index contributed by atoms with van der Waals surface area (Å²) in [5, 5.41) is 11.6. The lowest BCUT2D eigenvalue weighted by atomic mass is 10.0. The lowest BCUT2D eigenvalue weighted by molar-refractivity contribution is 0.0946. The van der Waals surface area contributed by atoms with Crippen LogP contribution >= 0.6 is 0 Å². The molecule has 27 heavy (non-hydrogen) atoms. The molecule has 140 valence electrons. The molecule has 3 aromatic rings. The summed E-state index contributed by atoms with van der Waals surface area (Å²) in [5.41, 5.74) is 6.04. The number of nitrogens with one attached hydrogen (secondary N) is 1. The monoisotopic (exact) mass is 366 g/mol. The molecule has 0 aliphatic carbocycles. The normalized spacial score (nSPS) is 13.4. The number of aryl methyl sites for hydroxylation is 3. The van der Waals surface area contributed by atoms with E-state index in [1.807, 2.05) is 42.9 Å². The molecule has 0 atom stereocenters. The predicted octanol–water partition coefficient (Wildman–Crippen LogP) is 2.69. The smallest absolute Gasteiger partial charge is 0.257 e. The average Bonchev–Trinajstić information content (AvgIpc) is 3.21. The van der Waals surface area contributed by atoms with E-state index in [0.29, 0.717) is 36.8 Å². The molecule has 4 rings (SSSR count). The van der Waals surface area contributed by atoms with Gasteiger partial charge < -0.3 is 14.6 Å². The number of benzene rings is 1. The van der Waals surface area contributed by atoms with E-state index in [-0.39, 0.29) is 5.91 Å². The van der Waals surface area contributed by atoms with Gasteiger partial charge in [-0.15, -0.1) is 0 Å². The number of amides is 1. The Morgan fingerprint density at radius 3 is 2.93 bits per heavy atom. The van der Waals surface area contributed by atoms with Gasteiger partial charge in [-0.3, -0.25) is 9.48 Å². The van der Waals surface area contributed by atoms with Crippen LogP contribution in [0.2, 0.25) is 0 Å². The maximum absolute atomic E-state index is 12.9. The second-order valence-electron chi connectivity index (χ2n) is 6.76. The second-order valence-corrected chi connectivity index (χ2v) is 6.76. The van der Waals surface area contributed by atoms with Gasteiger partial charge in [0.05, 0.1) is 25.5 Å². The van der Waals surface area contributed by atoms with Crippen molar-refractivity contribution in [2.24, 2.45) is 7.05 Å². The zero-order valence-corrected chi connectivity index (χ0v) is 15.7. The van der Waals surface area contributed by atoms with E-state index in [1.165, 1.54) is 5.69 Å². The molecule has 1 aromatic carbocycles. The number of carbonyl (C=O) groups is 1. The lowest BCUT2D eigenvalue weighted by Crippen LogP contribution is -2.25. The molecule has 1 amide bonds. The van der Waals surface area contributed by atoms with Crippen LogP contribution < -0.4 is 5.32 Å². The summed E-state index contributed by atoms with van der Waals surface area (Å²) >= 11 is 0. The van der Waals surface area contributed by atoms with Gasteiger partial charge >= 0.3 is 0 Å². The van der Waals surface area contributed by atoms with Gasteiger partial charge in [-0.2, -0.15) is 5.10 Å². The van der Waals surface area contributed by atoms with E-state index in [0.717, 1.165) is 28.8 Å². The Labute approximate surface area is 157 Å². The molecular formula is C20H22N4O3. The maximum atomic E-state index is 12.9. The molecule has 0 fully saturated rings. The minimum atomic E-state index is -0.219. The first-order valence-corrected chi connectivity index (χ1v) is 8.98. The van der Waals surface area contributed by atoms with Crippen molar-refractivity contribution in [1.29, 1.82) is 0 Å². The van der Waals surface area contributed by atoms with Crippen molar-refractivity contribution in [2.45, 2.75) is 33.4 Å².